The number of carbonyl (C=O) groups excluding carboxylic acids is 4. The van der Waals surface area contributed by atoms with E-state index in [2.05, 4.69) is 17.2 Å². The second-order valence-electron chi connectivity index (χ2n) is 11.0. The van der Waals surface area contributed by atoms with Crippen LogP contribution in [0.3, 0.4) is 0 Å². The van der Waals surface area contributed by atoms with Gasteiger partial charge >= 0.3 is 12.1 Å². The Hall–Kier alpha value is -5.54. The zero-order valence-electron chi connectivity index (χ0n) is 26.5. The number of likely N-dealkylation sites (tertiary alicyclic amines) is 1. The number of carbonyl (C=O) groups is 4. The summed E-state index contributed by atoms with van der Waals surface area (Å²) in [5, 5.41) is 26.8. The molecule has 0 aliphatic carbocycles. The fraction of sp³-hybridized carbons (Fsp3) is 0.273. The molecule has 1 fully saturated rings. The van der Waals surface area contributed by atoms with Gasteiger partial charge in [-0.1, -0.05) is 49.4 Å². The third-order valence-corrected chi connectivity index (χ3v) is 8.52. The Labute approximate surface area is 295 Å². The molecular formula is C33H31Cl2N5O10. The molecule has 0 saturated carbocycles. The smallest absolute Gasteiger partial charge is 0.408 e. The average Bonchev–Trinajstić information content (AvgIpc) is 3.12. The minimum Gasteiger partial charge on any atom is -0.459 e. The summed E-state index contributed by atoms with van der Waals surface area (Å²) in [7, 11) is 0. The van der Waals surface area contributed by atoms with Gasteiger partial charge in [0.1, 0.15) is 30.8 Å². The van der Waals surface area contributed by atoms with Crippen LogP contribution in [-0.4, -0.2) is 62.1 Å². The number of β-lactam (4-membered cyclic amide) rings is 1. The number of hydrogen-bond acceptors (Lipinski definition) is 10. The number of alkyl halides is 2. The molecule has 2 N–H and O–H groups in total. The van der Waals surface area contributed by atoms with E-state index in [-0.39, 0.29) is 36.0 Å². The Kier molecular flexibility index (Phi) is 12.5. The van der Waals surface area contributed by atoms with Crippen LogP contribution >= 0.6 is 23.2 Å². The monoisotopic (exact) mass is 727 g/mol. The number of ether oxygens (including phenoxy) is 2. The first-order valence-electron chi connectivity index (χ1n) is 15.0. The first-order valence-corrected chi connectivity index (χ1v) is 16.0. The third-order valence-electron chi connectivity index (χ3n) is 7.71. The maximum atomic E-state index is 13.6. The van der Waals surface area contributed by atoms with Crippen LogP contribution in [0.4, 0.5) is 16.2 Å². The molecule has 4 atom stereocenters. The fourth-order valence-corrected chi connectivity index (χ4v) is 5.41. The first kappa shape index (κ1) is 37.3. The number of esters is 1. The van der Waals surface area contributed by atoms with Crippen LogP contribution < -0.4 is 10.6 Å². The number of nitro benzene ring substituents is 2. The Morgan fingerprint density at radius 1 is 0.880 bits per heavy atom. The largest absolute Gasteiger partial charge is 0.459 e. The summed E-state index contributed by atoms with van der Waals surface area (Å²) in [5.74, 6) is -2.70. The van der Waals surface area contributed by atoms with Crippen molar-refractivity contribution in [1.29, 1.82) is 0 Å². The highest BCUT2D eigenvalue weighted by Crippen LogP contribution is 2.31. The molecule has 3 aromatic rings. The van der Waals surface area contributed by atoms with E-state index >= 15 is 0 Å². The van der Waals surface area contributed by atoms with Crippen molar-refractivity contribution in [1.82, 2.24) is 15.5 Å². The predicted octanol–water partition coefficient (Wildman–Crippen LogP) is 4.83. The molecule has 17 heteroatoms. The molecular weight excluding hydrogens is 697 g/mol. The molecule has 1 heterocycles. The minimum absolute atomic E-state index is 0.0930. The number of nitro groups is 2. The molecule has 262 valence electrons. The number of benzene rings is 3. The first-order chi connectivity index (χ1) is 23.8. The summed E-state index contributed by atoms with van der Waals surface area (Å²) < 4.78 is 10.6. The fourth-order valence-electron chi connectivity index (χ4n) is 4.88. The number of aryl methyl sites for hydroxylation is 1. The normalized spacial score (nSPS) is 16.3. The van der Waals surface area contributed by atoms with Crippen molar-refractivity contribution in [2.45, 2.75) is 50.2 Å². The molecule has 1 saturated heterocycles. The van der Waals surface area contributed by atoms with Crippen LogP contribution in [0.25, 0.3) is 0 Å². The molecule has 4 unspecified atom stereocenters. The number of amides is 3. The quantitative estimate of drug-likeness (QED) is 0.0415. The van der Waals surface area contributed by atoms with Crippen LogP contribution in [0, 0.1) is 20.2 Å². The van der Waals surface area contributed by atoms with Gasteiger partial charge in [0.05, 0.1) is 9.85 Å². The molecule has 0 aromatic heterocycles. The molecule has 3 aromatic carbocycles. The third kappa shape index (κ3) is 8.92. The molecule has 0 bridgehead atoms. The zero-order chi connectivity index (χ0) is 36.5. The van der Waals surface area contributed by atoms with Gasteiger partial charge in [0.25, 0.3) is 17.3 Å². The van der Waals surface area contributed by atoms with E-state index in [0.717, 1.165) is 10.5 Å². The van der Waals surface area contributed by atoms with Crippen molar-refractivity contribution in [3.05, 3.63) is 127 Å². The highest BCUT2D eigenvalue weighted by atomic mass is 35.5. The average molecular weight is 729 g/mol. The van der Waals surface area contributed by atoms with Crippen molar-refractivity contribution in [3.8, 4) is 0 Å². The van der Waals surface area contributed by atoms with Gasteiger partial charge in [0.2, 0.25) is 5.91 Å². The predicted molar refractivity (Wildman–Crippen MR) is 180 cm³/mol. The Morgan fingerprint density at radius 2 is 1.38 bits per heavy atom. The Balaban J connectivity index is 1.44. The Morgan fingerprint density at radius 3 is 1.84 bits per heavy atom. The van der Waals surface area contributed by atoms with E-state index in [1.807, 2.05) is 6.92 Å². The minimum atomic E-state index is -1.40. The van der Waals surface area contributed by atoms with Gasteiger partial charge in [-0.3, -0.25) is 29.8 Å². The van der Waals surface area contributed by atoms with E-state index in [0.29, 0.717) is 23.1 Å². The lowest BCUT2D eigenvalue weighted by Crippen LogP contribution is -2.73. The summed E-state index contributed by atoms with van der Waals surface area (Å²) >= 11 is 12.5. The summed E-state index contributed by atoms with van der Waals surface area (Å²) in [4.78, 5) is 74.5. The molecule has 1 aliphatic heterocycles. The number of nitrogens with one attached hydrogen (secondary N) is 2. The van der Waals surface area contributed by atoms with Gasteiger partial charge < -0.3 is 25.0 Å². The second kappa shape index (κ2) is 16.7. The summed E-state index contributed by atoms with van der Waals surface area (Å²) in [6.45, 7) is 5.18. The van der Waals surface area contributed by atoms with Gasteiger partial charge in [-0.25, -0.2) is 9.59 Å². The SMILES string of the molecule is C=C(CCl)C(C(=O)OCc1ccc([N+](=O)[O-])cc1)N1C(=O)C(NC(=O)C(NC(=O)OCc2ccc([N+](=O)[O-])cc2)c2ccc(CC)cc2)C1Cl. The van der Waals surface area contributed by atoms with E-state index in [4.69, 9.17) is 32.7 Å². The highest BCUT2D eigenvalue weighted by Gasteiger charge is 2.53. The number of nitrogens with zero attached hydrogens (tertiary/aromatic N) is 3. The molecule has 50 heavy (non-hydrogen) atoms. The number of alkyl carbamates (subject to hydrolysis) is 1. The Bertz CT molecular complexity index is 1770. The number of non-ortho nitro benzene ring substituents is 2. The number of halogens is 2. The van der Waals surface area contributed by atoms with Crippen molar-refractivity contribution in [2.24, 2.45) is 0 Å². The van der Waals surface area contributed by atoms with Crippen molar-refractivity contribution in [3.63, 3.8) is 0 Å². The van der Waals surface area contributed by atoms with Crippen LogP contribution in [0.5, 0.6) is 0 Å². The zero-order valence-corrected chi connectivity index (χ0v) is 28.0. The van der Waals surface area contributed by atoms with Crippen LogP contribution in [0.1, 0.15) is 35.2 Å². The van der Waals surface area contributed by atoms with Crippen LogP contribution in [-0.2, 0) is 43.5 Å². The van der Waals surface area contributed by atoms with Gasteiger partial charge in [0.15, 0.2) is 6.04 Å². The maximum absolute atomic E-state index is 13.6. The lowest BCUT2D eigenvalue weighted by atomic mass is 9.98. The molecule has 0 spiro atoms. The van der Waals surface area contributed by atoms with Crippen molar-refractivity contribution >= 4 is 58.5 Å². The van der Waals surface area contributed by atoms with E-state index in [1.165, 1.54) is 48.5 Å². The van der Waals surface area contributed by atoms with Crippen molar-refractivity contribution < 1.29 is 38.5 Å². The number of rotatable bonds is 15. The van der Waals surface area contributed by atoms with Gasteiger partial charge in [-0.05, 0) is 58.5 Å². The lowest BCUT2D eigenvalue weighted by molar-refractivity contribution is -0.385. The molecule has 4 rings (SSSR count). The molecule has 1 aliphatic rings. The van der Waals surface area contributed by atoms with E-state index < -0.39 is 57.4 Å². The van der Waals surface area contributed by atoms with Crippen molar-refractivity contribution in [2.75, 3.05) is 5.88 Å². The van der Waals surface area contributed by atoms with E-state index in [1.54, 1.807) is 24.3 Å². The second-order valence-corrected chi connectivity index (χ2v) is 11.7. The molecule has 0 radical (unpaired) electrons. The summed E-state index contributed by atoms with van der Waals surface area (Å²) in [6.07, 6.45) is -0.269. The molecule has 15 nitrogen and oxygen atoms in total. The lowest BCUT2D eigenvalue weighted by Gasteiger charge is -2.47. The van der Waals surface area contributed by atoms with Crippen LogP contribution in [0.2, 0.25) is 0 Å². The summed E-state index contributed by atoms with van der Waals surface area (Å²) in [6, 6.07) is 13.4. The van der Waals surface area contributed by atoms with Gasteiger partial charge in [-0.2, -0.15) is 0 Å². The van der Waals surface area contributed by atoms with Crippen LogP contribution in [0.15, 0.2) is 84.9 Å². The number of hydrogen-bond donors (Lipinski definition) is 2. The molecule has 3 amide bonds. The maximum Gasteiger partial charge on any atom is 0.408 e. The van der Waals surface area contributed by atoms with E-state index in [9.17, 15) is 39.4 Å². The topological polar surface area (TPSA) is 200 Å². The van der Waals surface area contributed by atoms with Gasteiger partial charge in [0, 0.05) is 30.1 Å². The highest BCUT2D eigenvalue weighted by molar-refractivity contribution is 6.27. The standard InChI is InChI=1S/C33H31Cl2N5O10/c1-3-20-4-10-23(11-5-20)26(37-33(44)50-18-22-8-14-25(15-9-22)40(47)48)30(41)36-27-29(35)38(31(27)42)28(19(2)16-34)32(43)49-17-21-6-12-24(13-7-21)39(45)46/h4-15,26-29H,2-3,16-18H2,1H3,(H,36,41)(H,37,44). The van der Waals surface area contributed by atoms with Gasteiger partial charge in [-0.15, -0.1) is 11.6 Å². The summed E-state index contributed by atoms with van der Waals surface area (Å²) in [5.41, 5.74) is 0.796.